The lowest BCUT2D eigenvalue weighted by Gasteiger charge is -2.12. The van der Waals surface area contributed by atoms with Crippen LogP contribution in [0.4, 0.5) is 8.78 Å². The van der Waals surface area contributed by atoms with Gasteiger partial charge in [0, 0.05) is 36.4 Å². The summed E-state index contributed by atoms with van der Waals surface area (Å²) in [5.41, 5.74) is 0.425. The summed E-state index contributed by atoms with van der Waals surface area (Å²) in [5.74, 6) is 1.25. The fourth-order valence-electron chi connectivity index (χ4n) is 4.33. The molecule has 41 heavy (non-hydrogen) atoms. The molecule has 0 aliphatic rings. The van der Waals surface area contributed by atoms with E-state index in [0.29, 0.717) is 29.9 Å². The summed E-state index contributed by atoms with van der Waals surface area (Å²) in [6, 6.07) is 9.20. The van der Waals surface area contributed by atoms with Gasteiger partial charge in [-0.05, 0) is 42.7 Å². The van der Waals surface area contributed by atoms with Crippen molar-refractivity contribution in [2.45, 2.75) is 76.4 Å². The van der Waals surface area contributed by atoms with Crippen molar-refractivity contribution < 1.29 is 27.3 Å². The normalized spacial score (nSPS) is 12.0. The Balaban J connectivity index is 1.75. The standard InChI is InChI=1S/C30H37F2N3O5S/c1-4-5-6-7-8-10-23(36)11-9-16-41(38)30-33-24(18-25(34-30)29(31)32)22-13-15-28(37)35(20-22)19-21-12-14-26(39-2)27(17-21)40-3/h12-15,17-18,20,29H,4-11,16,19H2,1-3H3. The fraction of sp³-hybridized carbons (Fsp3) is 0.467. The molecule has 8 nitrogen and oxygen atoms in total. The molecule has 2 heterocycles. The Morgan fingerprint density at radius 2 is 1.68 bits per heavy atom. The molecule has 0 amide bonds. The van der Waals surface area contributed by atoms with Crippen LogP contribution in [0.2, 0.25) is 0 Å². The van der Waals surface area contributed by atoms with Gasteiger partial charge in [-0.15, -0.1) is 0 Å². The minimum absolute atomic E-state index is 0.0898. The molecule has 2 aromatic heterocycles. The number of unbranched alkanes of at least 4 members (excludes halogenated alkanes) is 4. The highest BCUT2D eigenvalue weighted by molar-refractivity contribution is 7.84. The topological polar surface area (TPSA) is 100 Å². The molecular formula is C30H37F2N3O5S. The summed E-state index contributed by atoms with van der Waals surface area (Å²) in [5, 5.41) is -0.220. The quantitative estimate of drug-likeness (QED) is 0.138. The minimum Gasteiger partial charge on any atom is -0.493 e. The predicted molar refractivity (Wildman–Crippen MR) is 154 cm³/mol. The molecule has 3 rings (SSSR count). The maximum absolute atomic E-state index is 13.7. The minimum atomic E-state index is -2.90. The molecule has 0 radical (unpaired) electrons. The van der Waals surface area contributed by atoms with E-state index in [1.165, 1.54) is 37.1 Å². The lowest BCUT2D eigenvalue weighted by molar-refractivity contribution is -0.119. The van der Waals surface area contributed by atoms with Crippen molar-refractivity contribution in [3.63, 3.8) is 0 Å². The van der Waals surface area contributed by atoms with Crippen LogP contribution in [0.3, 0.4) is 0 Å². The number of hydrogen-bond donors (Lipinski definition) is 0. The highest BCUT2D eigenvalue weighted by Crippen LogP contribution is 2.28. The van der Waals surface area contributed by atoms with Gasteiger partial charge in [0.2, 0.25) is 5.16 Å². The van der Waals surface area contributed by atoms with Gasteiger partial charge >= 0.3 is 0 Å². The number of benzene rings is 1. The van der Waals surface area contributed by atoms with Crippen molar-refractivity contribution >= 4 is 16.6 Å². The largest absolute Gasteiger partial charge is 0.493 e. The van der Waals surface area contributed by atoms with Gasteiger partial charge < -0.3 is 14.0 Å². The zero-order chi connectivity index (χ0) is 29.8. The molecule has 0 aliphatic carbocycles. The summed E-state index contributed by atoms with van der Waals surface area (Å²) in [7, 11) is 1.27. The smallest absolute Gasteiger partial charge is 0.280 e. The van der Waals surface area contributed by atoms with Crippen molar-refractivity contribution in [3.05, 3.63) is 64.2 Å². The van der Waals surface area contributed by atoms with Gasteiger partial charge in [-0.2, -0.15) is 0 Å². The maximum Gasteiger partial charge on any atom is 0.280 e. The van der Waals surface area contributed by atoms with Crippen molar-refractivity contribution in [2.24, 2.45) is 0 Å². The summed E-state index contributed by atoms with van der Waals surface area (Å²) in [6.07, 6.45) is 5.02. The number of hydrogen-bond acceptors (Lipinski definition) is 7. The third kappa shape index (κ3) is 9.55. The van der Waals surface area contributed by atoms with Crippen LogP contribution in [0.5, 0.6) is 11.5 Å². The molecule has 1 atom stereocenters. The van der Waals surface area contributed by atoms with Gasteiger partial charge in [-0.3, -0.25) is 13.8 Å². The van der Waals surface area contributed by atoms with Crippen LogP contribution in [0.25, 0.3) is 11.3 Å². The monoisotopic (exact) mass is 589 g/mol. The summed E-state index contributed by atoms with van der Waals surface area (Å²) in [6.45, 7) is 2.32. The number of alkyl halides is 2. The third-order valence-corrected chi connectivity index (χ3v) is 7.83. The van der Waals surface area contributed by atoms with E-state index >= 15 is 0 Å². The first-order valence-electron chi connectivity index (χ1n) is 13.7. The summed E-state index contributed by atoms with van der Waals surface area (Å²) in [4.78, 5) is 32.9. The predicted octanol–water partition coefficient (Wildman–Crippen LogP) is 6.13. The Hall–Kier alpha value is -3.47. The number of carbonyl (C=O) groups is 1. The molecule has 1 aromatic carbocycles. The van der Waals surface area contributed by atoms with E-state index in [0.717, 1.165) is 43.7 Å². The number of Topliss-reactive ketones (excluding diaryl/α,β-unsaturated/α-hetero) is 1. The molecule has 0 fully saturated rings. The number of ketones is 1. The summed E-state index contributed by atoms with van der Waals surface area (Å²) >= 11 is 0. The molecule has 0 aliphatic heterocycles. The van der Waals surface area contributed by atoms with Crippen molar-refractivity contribution in [1.82, 2.24) is 14.5 Å². The summed E-state index contributed by atoms with van der Waals surface area (Å²) < 4.78 is 52.4. The van der Waals surface area contributed by atoms with Crippen LogP contribution < -0.4 is 15.0 Å². The van der Waals surface area contributed by atoms with E-state index in [9.17, 15) is 22.6 Å². The lowest BCUT2D eigenvalue weighted by Crippen LogP contribution is -2.19. The lowest BCUT2D eigenvalue weighted by atomic mass is 10.1. The molecular weight excluding hydrogens is 552 g/mol. The maximum atomic E-state index is 13.7. The highest BCUT2D eigenvalue weighted by Gasteiger charge is 2.18. The van der Waals surface area contributed by atoms with Crippen LogP contribution >= 0.6 is 0 Å². The van der Waals surface area contributed by atoms with Gasteiger partial charge in [0.1, 0.15) is 11.5 Å². The molecule has 222 valence electrons. The van der Waals surface area contributed by atoms with E-state index in [2.05, 4.69) is 16.9 Å². The van der Waals surface area contributed by atoms with Crippen molar-refractivity contribution in [3.8, 4) is 22.8 Å². The number of pyridine rings is 1. The molecule has 1 unspecified atom stereocenters. The molecule has 0 saturated carbocycles. The van der Waals surface area contributed by atoms with Gasteiger partial charge in [0.25, 0.3) is 12.0 Å². The van der Waals surface area contributed by atoms with Gasteiger partial charge in [0.05, 0.1) is 37.3 Å². The fourth-order valence-corrected chi connectivity index (χ4v) is 5.33. The number of methoxy groups -OCH3 is 2. The van der Waals surface area contributed by atoms with E-state index < -0.39 is 22.9 Å². The van der Waals surface area contributed by atoms with E-state index in [-0.39, 0.29) is 40.9 Å². The van der Waals surface area contributed by atoms with Crippen molar-refractivity contribution in [2.75, 3.05) is 20.0 Å². The van der Waals surface area contributed by atoms with E-state index in [4.69, 9.17) is 9.47 Å². The van der Waals surface area contributed by atoms with Gasteiger partial charge in [-0.1, -0.05) is 38.7 Å². The second kappa shape index (κ2) is 16.1. The number of carbonyl (C=O) groups excluding carboxylic acids is 1. The van der Waals surface area contributed by atoms with Crippen LogP contribution in [-0.4, -0.2) is 44.5 Å². The molecule has 0 N–H and O–H groups in total. The second-order valence-corrected chi connectivity index (χ2v) is 11.2. The Kier molecular flexibility index (Phi) is 12.6. The zero-order valence-corrected chi connectivity index (χ0v) is 24.6. The number of nitrogens with zero attached hydrogens (tertiary/aromatic N) is 3. The molecule has 0 bridgehead atoms. The zero-order valence-electron chi connectivity index (χ0n) is 23.7. The highest BCUT2D eigenvalue weighted by atomic mass is 32.2. The first-order valence-corrected chi connectivity index (χ1v) is 15.1. The molecule has 0 spiro atoms. The van der Waals surface area contributed by atoms with Gasteiger partial charge in [0.15, 0.2) is 11.5 Å². The van der Waals surface area contributed by atoms with Gasteiger partial charge in [-0.25, -0.2) is 18.7 Å². The van der Waals surface area contributed by atoms with Crippen molar-refractivity contribution in [1.29, 1.82) is 0 Å². The Bertz CT molecular complexity index is 1400. The average molecular weight is 590 g/mol. The van der Waals surface area contributed by atoms with Crippen LogP contribution in [0.15, 0.2) is 52.5 Å². The third-order valence-electron chi connectivity index (χ3n) is 6.58. The van der Waals surface area contributed by atoms with Crippen LogP contribution in [-0.2, 0) is 22.1 Å². The number of halogens is 2. The van der Waals surface area contributed by atoms with Crippen LogP contribution in [0.1, 0.15) is 76.0 Å². The molecule has 0 saturated heterocycles. The van der Waals surface area contributed by atoms with E-state index in [1.807, 2.05) is 0 Å². The number of ether oxygens (including phenoxy) is 2. The van der Waals surface area contributed by atoms with E-state index in [1.54, 1.807) is 18.2 Å². The molecule has 11 heteroatoms. The average Bonchev–Trinajstić information content (AvgIpc) is 2.97. The first kappa shape index (κ1) is 32.0. The Morgan fingerprint density at radius 3 is 2.39 bits per heavy atom. The Morgan fingerprint density at radius 1 is 0.951 bits per heavy atom. The number of aromatic nitrogens is 3. The second-order valence-electron chi connectivity index (χ2n) is 9.69. The Labute approximate surface area is 241 Å². The first-order chi connectivity index (χ1) is 19.7. The van der Waals surface area contributed by atoms with Crippen LogP contribution in [0, 0.1) is 0 Å². The molecule has 3 aromatic rings. The number of rotatable bonds is 17. The SMILES string of the molecule is CCCCCCCC(=O)CCCS(=O)c1nc(-c2ccc(=O)n(Cc3ccc(OC)c(OC)c3)c2)cc(C(F)F)n1.